The third-order valence-electron chi connectivity index (χ3n) is 2.59. The highest BCUT2D eigenvalue weighted by molar-refractivity contribution is 7.15. The Morgan fingerprint density at radius 3 is 2.80 bits per heavy atom. The van der Waals surface area contributed by atoms with E-state index >= 15 is 0 Å². The van der Waals surface area contributed by atoms with Crippen LogP contribution in [0.5, 0.6) is 0 Å². The lowest BCUT2D eigenvalue weighted by Gasteiger charge is -2.06. The summed E-state index contributed by atoms with van der Waals surface area (Å²) in [6.45, 7) is 1.75. The summed E-state index contributed by atoms with van der Waals surface area (Å²) >= 11 is 1.28. The summed E-state index contributed by atoms with van der Waals surface area (Å²) < 4.78 is 2.09. The molecular formula is C11H13N5O3S. The molecule has 1 N–H and O–H groups in total. The molecule has 8 nitrogen and oxygen atoms in total. The molecule has 20 heavy (non-hydrogen) atoms. The predicted octanol–water partition coefficient (Wildman–Crippen LogP) is -0.400. The van der Waals surface area contributed by atoms with Gasteiger partial charge < -0.3 is 0 Å². The van der Waals surface area contributed by atoms with Crippen molar-refractivity contribution in [2.45, 2.75) is 19.9 Å². The van der Waals surface area contributed by atoms with E-state index in [4.69, 9.17) is 0 Å². The monoisotopic (exact) mass is 295 g/mol. The van der Waals surface area contributed by atoms with Crippen LogP contribution in [0.3, 0.4) is 0 Å². The van der Waals surface area contributed by atoms with E-state index in [-0.39, 0.29) is 6.54 Å². The molecule has 2 rings (SSSR count). The Hall–Kier alpha value is -2.29. The molecule has 0 unspecified atom stereocenters. The summed E-state index contributed by atoms with van der Waals surface area (Å²) in [4.78, 5) is 34.8. The SMILES string of the molecule is CCc1nnc(NC(=O)Cn2ccc(=O)n(C)c2=O)s1. The Balaban J connectivity index is 2.10. The maximum absolute atomic E-state index is 11.8. The lowest BCUT2D eigenvalue weighted by molar-refractivity contribution is -0.116. The number of aryl methyl sites for hydroxylation is 1. The van der Waals surface area contributed by atoms with Crippen molar-refractivity contribution in [3.05, 3.63) is 38.1 Å². The fourth-order valence-corrected chi connectivity index (χ4v) is 2.19. The topological polar surface area (TPSA) is 98.9 Å². The molecule has 0 aliphatic rings. The normalized spacial score (nSPS) is 10.5. The first kappa shape index (κ1) is 14.1. The maximum atomic E-state index is 11.8. The third kappa shape index (κ3) is 2.99. The first-order chi connectivity index (χ1) is 9.51. The molecule has 0 saturated carbocycles. The summed E-state index contributed by atoms with van der Waals surface area (Å²) in [6, 6.07) is 1.23. The van der Waals surface area contributed by atoms with Crippen molar-refractivity contribution < 1.29 is 4.79 Å². The van der Waals surface area contributed by atoms with Gasteiger partial charge in [0.25, 0.3) is 5.56 Å². The van der Waals surface area contributed by atoms with E-state index in [0.29, 0.717) is 5.13 Å². The molecule has 0 aromatic carbocycles. The highest BCUT2D eigenvalue weighted by Crippen LogP contribution is 2.14. The van der Waals surface area contributed by atoms with E-state index in [1.165, 1.54) is 30.6 Å². The smallest absolute Gasteiger partial charge is 0.299 e. The van der Waals surface area contributed by atoms with Crippen LogP contribution < -0.4 is 16.6 Å². The van der Waals surface area contributed by atoms with Gasteiger partial charge in [-0.05, 0) is 6.42 Å². The largest absolute Gasteiger partial charge is 0.331 e. The van der Waals surface area contributed by atoms with Gasteiger partial charge in [0, 0.05) is 19.3 Å². The fourth-order valence-electron chi connectivity index (χ4n) is 1.50. The number of carbonyl (C=O) groups is 1. The molecule has 0 saturated heterocycles. The number of aromatic nitrogens is 4. The molecule has 0 radical (unpaired) electrons. The molecule has 0 aliphatic carbocycles. The maximum Gasteiger partial charge on any atom is 0.331 e. The highest BCUT2D eigenvalue weighted by Gasteiger charge is 2.10. The molecule has 0 aliphatic heterocycles. The Kier molecular flexibility index (Phi) is 4.08. The van der Waals surface area contributed by atoms with E-state index in [0.717, 1.165) is 20.6 Å². The zero-order valence-corrected chi connectivity index (χ0v) is 11.8. The first-order valence-corrected chi connectivity index (χ1v) is 6.71. The molecule has 2 aromatic rings. The second-order valence-electron chi connectivity index (χ2n) is 4.03. The van der Waals surface area contributed by atoms with Crippen molar-refractivity contribution in [3.63, 3.8) is 0 Å². The van der Waals surface area contributed by atoms with Gasteiger partial charge in [-0.15, -0.1) is 10.2 Å². The van der Waals surface area contributed by atoms with Crippen LogP contribution in [0.4, 0.5) is 5.13 Å². The Bertz CT molecular complexity index is 745. The van der Waals surface area contributed by atoms with E-state index in [1.807, 2.05) is 6.92 Å². The molecule has 1 amide bonds. The van der Waals surface area contributed by atoms with Crippen LogP contribution in [0.1, 0.15) is 11.9 Å². The standard InChI is InChI=1S/C11H13N5O3S/c1-3-8-13-14-10(20-8)12-7(17)6-16-5-4-9(18)15(2)11(16)19/h4-5H,3,6H2,1-2H3,(H,12,14,17). The van der Waals surface area contributed by atoms with Crippen LogP contribution in [0.25, 0.3) is 0 Å². The Labute approximate surface area is 117 Å². The fraction of sp³-hybridized carbons (Fsp3) is 0.364. The number of nitrogens with zero attached hydrogens (tertiary/aromatic N) is 4. The van der Waals surface area contributed by atoms with Gasteiger partial charge in [-0.2, -0.15) is 0 Å². The zero-order chi connectivity index (χ0) is 14.7. The van der Waals surface area contributed by atoms with Crippen LogP contribution in [0.15, 0.2) is 21.9 Å². The Morgan fingerprint density at radius 1 is 1.40 bits per heavy atom. The molecule has 2 heterocycles. The van der Waals surface area contributed by atoms with E-state index in [1.54, 1.807) is 0 Å². The van der Waals surface area contributed by atoms with Gasteiger partial charge in [-0.3, -0.25) is 24.0 Å². The molecule has 106 valence electrons. The van der Waals surface area contributed by atoms with Gasteiger partial charge in [-0.1, -0.05) is 18.3 Å². The van der Waals surface area contributed by atoms with Crippen LogP contribution >= 0.6 is 11.3 Å². The molecule has 0 atom stereocenters. The molecule has 0 spiro atoms. The van der Waals surface area contributed by atoms with Crippen molar-refractivity contribution in [2.24, 2.45) is 7.05 Å². The summed E-state index contributed by atoms with van der Waals surface area (Å²) in [6.07, 6.45) is 2.04. The minimum absolute atomic E-state index is 0.187. The van der Waals surface area contributed by atoms with Gasteiger partial charge >= 0.3 is 5.69 Å². The molecule has 0 fully saturated rings. The number of rotatable bonds is 4. The van der Waals surface area contributed by atoms with E-state index < -0.39 is 17.2 Å². The second kappa shape index (κ2) is 5.78. The van der Waals surface area contributed by atoms with E-state index in [9.17, 15) is 14.4 Å². The van der Waals surface area contributed by atoms with Crippen molar-refractivity contribution in [1.82, 2.24) is 19.3 Å². The number of nitrogens with one attached hydrogen (secondary N) is 1. The van der Waals surface area contributed by atoms with Crippen LogP contribution in [0, 0.1) is 0 Å². The zero-order valence-electron chi connectivity index (χ0n) is 11.0. The second-order valence-corrected chi connectivity index (χ2v) is 5.09. The molecule has 2 aromatic heterocycles. The van der Waals surface area contributed by atoms with Crippen molar-refractivity contribution in [2.75, 3.05) is 5.32 Å². The third-order valence-corrected chi connectivity index (χ3v) is 3.57. The van der Waals surface area contributed by atoms with E-state index in [2.05, 4.69) is 15.5 Å². The summed E-state index contributed by atoms with van der Waals surface area (Å²) in [5, 5.41) is 11.5. The average molecular weight is 295 g/mol. The number of anilines is 1. The number of carbonyl (C=O) groups excluding carboxylic acids is 1. The van der Waals surface area contributed by atoms with Gasteiger partial charge in [0.15, 0.2) is 0 Å². The molecule has 9 heteroatoms. The lowest BCUT2D eigenvalue weighted by atomic mass is 10.5. The molecule has 0 bridgehead atoms. The van der Waals surface area contributed by atoms with Gasteiger partial charge in [0.05, 0.1) is 0 Å². The van der Waals surface area contributed by atoms with Crippen LogP contribution in [-0.2, 0) is 24.8 Å². The molecular weight excluding hydrogens is 282 g/mol. The Morgan fingerprint density at radius 2 is 2.15 bits per heavy atom. The minimum Gasteiger partial charge on any atom is -0.299 e. The number of hydrogen-bond acceptors (Lipinski definition) is 6. The van der Waals surface area contributed by atoms with Crippen molar-refractivity contribution >= 4 is 22.4 Å². The highest BCUT2D eigenvalue weighted by atomic mass is 32.1. The lowest BCUT2D eigenvalue weighted by Crippen LogP contribution is -2.38. The van der Waals surface area contributed by atoms with Crippen molar-refractivity contribution in [1.29, 1.82) is 0 Å². The van der Waals surface area contributed by atoms with Gasteiger partial charge in [-0.25, -0.2) is 4.79 Å². The summed E-state index contributed by atoms with van der Waals surface area (Å²) in [7, 11) is 1.36. The van der Waals surface area contributed by atoms with Crippen LogP contribution in [0.2, 0.25) is 0 Å². The quantitative estimate of drug-likeness (QED) is 0.827. The average Bonchev–Trinajstić information content (AvgIpc) is 2.87. The van der Waals surface area contributed by atoms with Gasteiger partial charge in [0.1, 0.15) is 11.6 Å². The van der Waals surface area contributed by atoms with Gasteiger partial charge in [0.2, 0.25) is 11.0 Å². The van der Waals surface area contributed by atoms with Crippen LogP contribution in [-0.4, -0.2) is 25.2 Å². The van der Waals surface area contributed by atoms with Crippen molar-refractivity contribution in [3.8, 4) is 0 Å². The summed E-state index contributed by atoms with van der Waals surface area (Å²) in [5.41, 5.74) is -0.956. The first-order valence-electron chi connectivity index (χ1n) is 5.90. The predicted molar refractivity (Wildman–Crippen MR) is 73.9 cm³/mol. The summed E-state index contributed by atoms with van der Waals surface area (Å²) in [5.74, 6) is -0.399. The number of hydrogen-bond donors (Lipinski definition) is 1. The minimum atomic E-state index is -0.542. The number of amides is 1.